The highest BCUT2D eigenvalue weighted by Gasteiger charge is 2.20. The summed E-state index contributed by atoms with van der Waals surface area (Å²) in [5, 5.41) is 2.05. The fourth-order valence-corrected chi connectivity index (χ4v) is 3.86. The van der Waals surface area contributed by atoms with Crippen molar-refractivity contribution < 1.29 is 0 Å². The molecule has 0 radical (unpaired) electrons. The summed E-state index contributed by atoms with van der Waals surface area (Å²) >= 11 is 1.66. The smallest absolute Gasteiger partial charge is 0.193 e. The van der Waals surface area contributed by atoms with E-state index in [2.05, 4.69) is 40.8 Å². The van der Waals surface area contributed by atoms with Gasteiger partial charge >= 0.3 is 0 Å². The van der Waals surface area contributed by atoms with Gasteiger partial charge in [0.2, 0.25) is 0 Å². The molecule has 7 nitrogen and oxygen atoms in total. The van der Waals surface area contributed by atoms with Crippen LogP contribution < -0.4 is 0 Å². The molecule has 0 spiro atoms. The van der Waals surface area contributed by atoms with E-state index in [0.29, 0.717) is 5.82 Å². The molecule has 4 aromatic heterocycles. The molecule has 0 amide bonds. The van der Waals surface area contributed by atoms with E-state index in [0.717, 1.165) is 48.0 Å². The number of fused-ring (bicyclic) bond motifs is 2. The molecule has 0 saturated carbocycles. The summed E-state index contributed by atoms with van der Waals surface area (Å²) in [4.78, 5) is 25.4. The van der Waals surface area contributed by atoms with Crippen LogP contribution in [0, 0.1) is 0 Å². The minimum atomic E-state index is 0.696. The Kier molecular flexibility index (Phi) is 3.50. The number of thiazole rings is 1. The minimum Gasteiger partial charge on any atom is -0.297 e. The second-order valence-corrected chi connectivity index (χ2v) is 6.95. The number of hydrogen-bond donors (Lipinski definition) is 0. The topological polar surface area (TPSA) is 72.1 Å². The van der Waals surface area contributed by atoms with E-state index < -0.39 is 0 Å². The molecule has 0 aromatic carbocycles. The summed E-state index contributed by atoms with van der Waals surface area (Å²) in [5.74, 6) is 0.696. The molecule has 5 heterocycles. The van der Waals surface area contributed by atoms with Crippen LogP contribution in [0.25, 0.3) is 16.3 Å². The molecule has 124 valence electrons. The van der Waals surface area contributed by atoms with Gasteiger partial charge in [-0.1, -0.05) is 0 Å². The third-order valence-corrected chi connectivity index (χ3v) is 5.13. The van der Waals surface area contributed by atoms with E-state index in [-0.39, 0.29) is 0 Å². The largest absolute Gasteiger partial charge is 0.297 e. The van der Waals surface area contributed by atoms with E-state index in [1.165, 1.54) is 11.9 Å². The first kappa shape index (κ1) is 14.6. The zero-order valence-electron chi connectivity index (χ0n) is 13.4. The highest BCUT2D eigenvalue weighted by molar-refractivity contribution is 7.15. The molecule has 0 bridgehead atoms. The standard InChI is InChI=1S/C17H15N7S/c1-2-23(9-14-10-24-3-4-25-17(24)21-14)8-13-7-20-16(22-15(1)13)12-5-18-11-19-6-12/h3-7,10-11H,1-2,8-9H2. The number of nitrogens with zero attached hydrogens (tertiary/aromatic N) is 7. The second-order valence-electron chi connectivity index (χ2n) is 6.08. The van der Waals surface area contributed by atoms with Gasteiger partial charge in [-0.15, -0.1) is 11.3 Å². The third kappa shape index (κ3) is 2.79. The van der Waals surface area contributed by atoms with Crippen molar-refractivity contribution in [1.82, 2.24) is 34.2 Å². The summed E-state index contributed by atoms with van der Waals surface area (Å²) in [5.41, 5.74) is 4.27. The van der Waals surface area contributed by atoms with Gasteiger partial charge in [0.15, 0.2) is 10.8 Å². The highest BCUT2D eigenvalue weighted by Crippen LogP contribution is 2.22. The molecule has 4 aromatic rings. The Morgan fingerprint density at radius 2 is 2.04 bits per heavy atom. The van der Waals surface area contributed by atoms with Crippen LogP contribution in [0.2, 0.25) is 0 Å². The summed E-state index contributed by atoms with van der Waals surface area (Å²) in [6.07, 6.45) is 12.0. The lowest BCUT2D eigenvalue weighted by Crippen LogP contribution is -2.31. The molecule has 0 unspecified atom stereocenters. The molecule has 0 aliphatic carbocycles. The van der Waals surface area contributed by atoms with Crippen LogP contribution in [0.15, 0.2) is 42.7 Å². The van der Waals surface area contributed by atoms with Gasteiger partial charge in [0.1, 0.15) is 6.33 Å². The number of imidazole rings is 1. The van der Waals surface area contributed by atoms with Crippen LogP contribution in [-0.4, -0.2) is 40.8 Å². The fourth-order valence-electron chi connectivity index (χ4n) is 3.14. The van der Waals surface area contributed by atoms with Crippen molar-refractivity contribution in [2.75, 3.05) is 6.54 Å². The first-order valence-corrected chi connectivity index (χ1v) is 8.97. The molecule has 1 aliphatic rings. The van der Waals surface area contributed by atoms with Gasteiger partial charge in [0.05, 0.1) is 17.0 Å². The first-order valence-electron chi connectivity index (χ1n) is 8.09. The van der Waals surface area contributed by atoms with Gasteiger partial charge < -0.3 is 0 Å². The van der Waals surface area contributed by atoms with E-state index in [4.69, 9.17) is 4.98 Å². The van der Waals surface area contributed by atoms with Crippen molar-refractivity contribution in [3.05, 3.63) is 59.6 Å². The van der Waals surface area contributed by atoms with E-state index in [1.807, 2.05) is 12.4 Å². The van der Waals surface area contributed by atoms with Gasteiger partial charge in [0.25, 0.3) is 0 Å². The molecule has 8 heteroatoms. The predicted octanol–water partition coefficient (Wildman–Crippen LogP) is 2.20. The maximum absolute atomic E-state index is 4.72. The zero-order valence-corrected chi connectivity index (χ0v) is 14.2. The lowest BCUT2D eigenvalue weighted by Gasteiger charge is -2.27. The van der Waals surface area contributed by atoms with Crippen LogP contribution in [0.1, 0.15) is 17.0 Å². The van der Waals surface area contributed by atoms with Crippen LogP contribution in [0.3, 0.4) is 0 Å². The second kappa shape index (κ2) is 5.98. The molecule has 0 atom stereocenters. The monoisotopic (exact) mass is 349 g/mol. The molecule has 0 fully saturated rings. The molecular weight excluding hydrogens is 334 g/mol. The molecule has 5 rings (SSSR count). The van der Waals surface area contributed by atoms with Crippen LogP contribution in [-0.2, 0) is 19.5 Å². The predicted molar refractivity (Wildman–Crippen MR) is 93.9 cm³/mol. The normalized spacial score (nSPS) is 14.7. The molecule has 25 heavy (non-hydrogen) atoms. The number of hydrogen-bond acceptors (Lipinski definition) is 7. The summed E-state index contributed by atoms with van der Waals surface area (Å²) in [6, 6.07) is 0. The van der Waals surface area contributed by atoms with Crippen molar-refractivity contribution in [3.63, 3.8) is 0 Å². The van der Waals surface area contributed by atoms with E-state index >= 15 is 0 Å². The highest BCUT2D eigenvalue weighted by atomic mass is 32.1. The van der Waals surface area contributed by atoms with Crippen LogP contribution >= 0.6 is 11.3 Å². The third-order valence-electron chi connectivity index (χ3n) is 4.36. The van der Waals surface area contributed by atoms with Gasteiger partial charge in [0, 0.05) is 68.0 Å². The molecule has 1 aliphatic heterocycles. The maximum atomic E-state index is 4.72. The van der Waals surface area contributed by atoms with Gasteiger partial charge in [-0.3, -0.25) is 9.30 Å². The lowest BCUT2D eigenvalue weighted by atomic mass is 10.1. The van der Waals surface area contributed by atoms with Gasteiger partial charge in [-0.25, -0.2) is 24.9 Å². The van der Waals surface area contributed by atoms with E-state index in [9.17, 15) is 0 Å². The van der Waals surface area contributed by atoms with Crippen molar-refractivity contribution in [2.24, 2.45) is 0 Å². The Balaban J connectivity index is 1.35. The number of rotatable bonds is 3. The Labute approximate surface area is 148 Å². The fraction of sp³-hybridized carbons (Fsp3) is 0.235. The Morgan fingerprint density at radius 3 is 2.92 bits per heavy atom. The van der Waals surface area contributed by atoms with Crippen molar-refractivity contribution in [2.45, 2.75) is 19.5 Å². The average molecular weight is 349 g/mol. The van der Waals surface area contributed by atoms with Crippen molar-refractivity contribution in [3.8, 4) is 11.4 Å². The van der Waals surface area contributed by atoms with E-state index in [1.54, 1.807) is 23.7 Å². The quantitative estimate of drug-likeness (QED) is 0.565. The van der Waals surface area contributed by atoms with Gasteiger partial charge in [-0.05, 0) is 0 Å². The maximum Gasteiger partial charge on any atom is 0.193 e. The SMILES string of the molecule is c1ncc(-c2ncc3c(n2)CCN(Cc2cn4ccsc4n2)C3)cn1. The Hall–Kier alpha value is -2.71. The molecular formula is C17H15N7S. The van der Waals surface area contributed by atoms with Crippen LogP contribution in [0.4, 0.5) is 0 Å². The molecule has 0 saturated heterocycles. The first-order chi connectivity index (χ1) is 12.3. The zero-order chi connectivity index (χ0) is 16.6. The minimum absolute atomic E-state index is 0.696. The van der Waals surface area contributed by atoms with Crippen molar-refractivity contribution in [1.29, 1.82) is 0 Å². The Morgan fingerprint density at radius 1 is 1.12 bits per heavy atom. The van der Waals surface area contributed by atoms with Crippen LogP contribution in [0.5, 0.6) is 0 Å². The summed E-state index contributed by atoms with van der Waals surface area (Å²) in [7, 11) is 0. The summed E-state index contributed by atoms with van der Waals surface area (Å²) < 4.78 is 2.08. The molecule has 0 N–H and O–H groups in total. The summed E-state index contributed by atoms with van der Waals surface area (Å²) in [6.45, 7) is 2.67. The lowest BCUT2D eigenvalue weighted by molar-refractivity contribution is 0.240. The Bertz CT molecular complexity index is 995. The number of aromatic nitrogens is 6. The van der Waals surface area contributed by atoms with Crippen molar-refractivity contribution >= 4 is 16.3 Å². The average Bonchev–Trinajstić information content (AvgIpc) is 3.23. The van der Waals surface area contributed by atoms with Gasteiger partial charge in [-0.2, -0.15) is 0 Å².